The summed E-state index contributed by atoms with van der Waals surface area (Å²) < 4.78 is 6.31. The van der Waals surface area contributed by atoms with Gasteiger partial charge in [0.05, 0.1) is 5.52 Å². The summed E-state index contributed by atoms with van der Waals surface area (Å²) in [4.78, 5) is 18.9. The van der Waals surface area contributed by atoms with E-state index in [9.17, 15) is 4.79 Å². The van der Waals surface area contributed by atoms with Crippen LogP contribution in [0.1, 0.15) is 31.7 Å². The summed E-state index contributed by atoms with van der Waals surface area (Å²) in [5, 5.41) is 1.17. The molecule has 2 aromatic carbocycles. The Morgan fingerprint density at radius 2 is 1.87 bits per heavy atom. The molecule has 1 saturated carbocycles. The largest absolute Gasteiger partial charge is 0.490 e. The summed E-state index contributed by atoms with van der Waals surface area (Å²) in [5.74, 6) is 1.89. The van der Waals surface area contributed by atoms with Crippen molar-refractivity contribution in [1.82, 2.24) is 9.88 Å². The van der Waals surface area contributed by atoms with E-state index in [1.54, 1.807) is 0 Å². The van der Waals surface area contributed by atoms with Gasteiger partial charge >= 0.3 is 0 Å². The molecule has 4 nitrogen and oxygen atoms in total. The van der Waals surface area contributed by atoms with Gasteiger partial charge in [0.25, 0.3) is 0 Å². The number of aromatic nitrogens is 1. The smallest absolute Gasteiger partial charge is 0.225 e. The predicted molar refractivity (Wildman–Crippen MR) is 119 cm³/mol. The molecule has 1 aromatic heterocycles. The zero-order valence-corrected chi connectivity index (χ0v) is 17.7. The summed E-state index contributed by atoms with van der Waals surface area (Å²) in [5.41, 5.74) is 4.62. The van der Waals surface area contributed by atoms with Gasteiger partial charge in [0.1, 0.15) is 11.9 Å². The Balaban J connectivity index is 1.28. The Bertz CT molecular complexity index is 1070. The Labute approximate surface area is 177 Å². The average molecular weight is 401 g/mol. The molecule has 4 heteroatoms. The van der Waals surface area contributed by atoms with E-state index in [0.29, 0.717) is 17.7 Å². The van der Waals surface area contributed by atoms with Crippen LogP contribution in [0, 0.1) is 18.8 Å². The van der Waals surface area contributed by atoms with Crippen LogP contribution in [-0.4, -0.2) is 35.0 Å². The fourth-order valence-corrected chi connectivity index (χ4v) is 4.58. The van der Waals surface area contributed by atoms with Crippen LogP contribution in [0.3, 0.4) is 0 Å². The molecule has 3 aromatic rings. The maximum Gasteiger partial charge on any atom is 0.225 e. The third kappa shape index (κ3) is 3.67. The van der Waals surface area contributed by atoms with Crippen molar-refractivity contribution in [1.29, 1.82) is 0 Å². The highest BCUT2D eigenvalue weighted by molar-refractivity contribution is 5.88. The number of carbonyl (C=O) groups is 1. The number of hydrogen-bond acceptors (Lipinski definition) is 3. The van der Waals surface area contributed by atoms with Crippen LogP contribution in [-0.2, 0) is 4.79 Å². The minimum Gasteiger partial charge on any atom is -0.490 e. The lowest BCUT2D eigenvalue weighted by Gasteiger charge is -2.37. The SMILES string of the molecule is Cc1c(-c2ccc(OC3CCN(C(=O)C4CC4)CC3C)cc2)ccc2cccnc12. The minimum atomic E-state index is 0.158. The lowest BCUT2D eigenvalue weighted by molar-refractivity contribution is -0.135. The molecule has 0 bridgehead atoms. The van der Waals surface area contributed by atoms with Gasteiger partial charge < -0.3 is 9.64 Å². The standard InChI is InChI=1S/C26H28N2O2/c1-17-16-28(26(29)21-5-6-21)15-13-24(17)30-22-10-7-19(8-11-22)23-12-9-20-4-3-14-27-25(20)18(23)2/h3-4,7-12,14,17,21,24H,5-6,13,15-16H2,1-2H3. The maximum atomic E-state index is 12.3. The van der Waals surface area contributed by atoms with Crippen molar-refractivity contribution < 1.29 is 9.53 Å². The van der Waals surface area contributed by atoms with Crippen molar-refractivity contribution in [3.05, 3.63) is 60.3 Å². The lowest BCUT2D eigenvalue weighted by Crippen LogP contribution is -2.47. The molecule has 1 saturated heterocycles. The fourth-order valence-electron chi connectivity index (χ4n) is 4.58. The Morgan fingerprint density at radius 3 is 2.60 bits per heavy atom. The first-order valence-electron chi connectivity index (χ1n) is 11.0. The van der Waals surface area contributed by atoms with Crippen molar-refractivity contribution in [2.24, 2.45) is 11.8 Å². The van der Waals surface area contributed by atoms with E-state index in [2.05, 4.69) is 61.3 Å². The topological polar surface area (TPSA) is 42.4 Å². The highest BCUT2D eigenvalue weighted by atomic mass is 16.5. The molecule has 1 amide bonds. The van der Waals surface area contributed by atoms with Crippen LogP contribution in [0.25, 0.3) is 22.0 Å². The molecule has 5 rings (SSSR count). The zero-order chi connectivity index (χ0) is 20.7. The first-order valence-corrected chi connectivity index (χ1v) is 11.0. The molecule has 2 atom stereocenters. The highest BCUT2D eigenvalue weighted by Gasteiger charge is 2.37. The number of likely N-dealkylation sites (tertiary alicyclic amines) is 1. The van der Waals surface area contributed by atoms with Crippen LogP contribution < -0.4 is 4.74 Å². The number of pyridine rings is 1. The van der Waals surface area contributed by atoms with Gasteiger partial charge in [-0.2, -0.15) is 0 Å². The van der Waals surface area contributed by atoms with E-state index in [1.165, 1.54) is 22.1 Å². The molecule has 30 heavy (non-hydrogen) atoms. The predicted octanol–water partition coefficient (Wildman–Crippen LogP) is 5.24. The van der Waals surface area contributed by atoms with Gasteiger partial charge in [-0.05, 0) is 54.7 Å². The van der Waals surface area contributed by atoms with Crippen molar-refractivity contribution in [3.63, 3.8) is 0 Å². The quantitative estimate of drug-likeness (QED) is 0.602. The summed E-state index contributed by atoms with van der Waals surface area (Å²) >= 11 is 0. The molecular formula is C26H28N2O2. The molecule has 154 valence electrons. The summed E-state index contributed by atoms with van der Waals surface area (Å²) in [7, 11) is 0. The summed E-state index contributed by atoms with van der Waals surface area (Å²) in [6.07, 6.45) is 5.05. The van der Waals surface area contributed by atoms with E-state index in [-0.39, 0.29) is 6.10 Å². The molecular weight excluding hydrogens is 372 g/mol. The second kappa shape index (κ2) is 7.75. The molecule has 2 unspecified atom stereocenters. The molecule has 0 N–H and O–H groups in total. The van der Waals surface area contributed by atoms with Gasteiger partial charge in [-0.1, -0.05) is 37.3 Å². The monoisotopic (exact) mass is 400 g/mol. The van der Waals surface area contributed by atoms with Crippen LogP contribution >= 0.6 is 0 Å². The molecule has 1 aliphatic heterocycles. The van der Waals surface area contributed by atoms with Gasteiger partial charge in [0, 0.05) is 42.9 Å². The van der Waals surface area contributed by atoms with Crippen molar-refractivity contribution in [2.75, 3.05) is 13.1 Å². The average Bonchev–Trinajstić information content (AvgIpc) is 3.61. The van der Waals surface area contributed by atoms with Gasteiger partial charge in [-0.15, -0.1) is 0 Å². The van der Waals surface area contributed by atoms with E-state index in [4.69, 9.17) is 4.74 Å². The van der Waals surface area contributed by atoms with Crippen molar-refractivity contribution >= 4 is 16.8 Å². The number of carbonyl (C=O) groups excluding carboxylic acids is 1. The number of fused-ring (bicyclic) bond motifs is 1. The molecule has 1 aliphatic carbocycles. The van der Waals surface area contributed by atoms with E-state index in [1.807, 2.05) is 17.2 Å². The van der Waals surface area contributed by atoms with E-state index >= 15 is 0 Å². The number of nitrogens with zero attached hydrogens (tertiary/aromatic N) is 2. The molecule has 0 spiro atoms. The number of piperidine rings is 1. The van der Waals surface area contributed by atoms with Crippen LogP contribution in [0.4, 0.5) is 0 Å². The van der Waals surface area contributed by atoms with Crippen molar-refractivity contribution in [2.45, 2.75) is 39.2 Å². The van der Waals surface area contributed by atoms with Crippen LogP contribution in [0.15, 0.2) is 54.7 Å². The zero-order valence-electron chi connectivity index (χ0n) is 17.7. The fraction of sp³-hybridized carbons (Fsp3) is 0.385. The van der Waals surface area contributed by atoms with Gasteiger partial charge in [0.15, 0.2) is 0 Å². The van der Waals surface area contributed by atoms with Gasteiger partial charge in [0.2, 0.25) is 5.91 Å². The Kier molecular flexibility index (Phi) is 4.93. The minimum absolute atomic E-state index is 0.158. The molecule has 0 radical (unpaired) electrons. The lowest BCUT2D eigenvalue weighted by atomic mass is 9.95. The van der Waals surface area contributed by atoms with E-state index in [0.717, 1.165) is 43.6 Å². The normalized spacial score (nSPS) is 21.6. The van der Waals surface area contributed by atoms with Gasteiger partial charge in [-0.3, -0.25) is 9.78 Å². The third-order valence-electron chi connectivity index (χ3n) is 6.55. The first-order chi connectivity index (χ1) is 14.6. The van der Waals surface area contributed by atoms with Crippen LogP contribution in [0.5, 0.6) is 5.75 Å². The Hall–Kier alpha value is -2.88. The van der Waals surface area contributed by atoms with Gasteiger partial charge in [-0.25, -0.2) is 0 Å². The number of hydrogen-bond donors (Lipinski definition) is 0. The van der Waals surface area contributed by atoms with Crippen LogP contribution in [0.2, 0.25) is 0 Å². The molecule has 2 fully saturated rings. The Morgan fingerprint density at radius 1 is 1.07 bits per heavy atom. The summed E-state index contributed by atoms with van der Waals surface area (Å²) in [6, 6.07) is 16.8. The maximum absolute atomic E-state index is 12.3. The van der Waals surface area contributed by atoms with E-state index < -0.39 is 0 Å². The molecule has 2 heterocycles. The first kappa shape index (κ1) is 19.1. The summed E-state index contributed by atoms with van der Waals surface area (Å²) in [6.45, 7) is 5.94. The number of ether oxygens (including phenoxy) is 1. The van der Waals surface area contributed by atoms with Crippen molar-refractivity contribution in [3.8, 4) is 16.9 Å². The number of rotatable bonds is 4. The number of amides is 1. The molecule has 2 aliphatic rings. The second-order valence-corrected chi connectivity index (χ2v) is 8.82. The second-order valence-electron chi connectivity index (χ2n) is 8.82. The highest BCUT2D eigenvalue weighted by Crippen LogP contribution is 2.34. The number of benzene rings is 2. The number of aryl methyl sites for hydroxylation is 1. The third-order valence-corrected chi connectivity index (χ3v) is 6.55.